The smallest absolute Gasteiger partial charge is 0.205 e. The zero-order valence-electron chi connectivity index (χ0n) is 18.1. The first-order valence-corrected chi connectivity index (χ1v) is 10.3. The quantitative estimate of drug-likeness (QED) is 0.334. The first-order valence-electron chi connectivity index (χ1n) is 10.3. The summed E-state index contributed by atoms with van der Waals surface area (Å²) in [5.41, 5.74) is 16.7. The average Bonchev–Trinajstić information content (AvgIpc) is 3.12. The van der Waals surface area contributed by atoms with Crippen molar-refractivity contribution in [2.75, 3.05) is 18.4 Å². The summed E-state index contributed by atoms with van der Waals surface area (Å²) in [6.07, 6.45) is 0. The molecule has 0 spiro atoms. The molecule has 2 aromatic carbocycles. The highest BCUT2D eigenvalue weighted by Crippen LogP contribution is 2.20. The summed E-state index contributed by atoms with van der Waals surface area (Å²) in [7, 11) is 0. The number of fused-ring (bicyclic) bond motifs is 1. The number of benzene rings is 2. The molecular formula is C23H31N7. The normalized spacial score (nSPS) is 12.9. The number of imidazole rings is 1. The van der Waals surface area contributed by atoms with E-state index in [1.165, 1.54) is 0 Å². The van der Waals surface area contributed by atoms with Gasteiger partial charge in [0.1, 0.15) is 11.7 Å². The van der Waals surface area contributed by atoms with Crippen molar-refractivity contribution in [1.82, 2.24) is 9.97 Å². The topological polar surface area (TPSA) is 117 Å². The second kappa shape index (κ2) is 9.43. The number of hydrogen-bond donors (Lipinski definition) is 4. The Morgan fingerprint density at radius 1 is 0.900 bits per heavy atom. The molecular weight excluding hydrogens is 374 g/mol. The summed E-state index contributed by atoms with van der Waals surface area (Å²) in [6.45, 7) is 9.90. The number of nitrogens with one attached hydrogen (secondary N) is 2. The van der Waals surface area contributed by atoms with Crippen LogP contribution in [0.3, 0.4) is 0 Å². The van der Waals surface area contributed by atoms with Gasteiger partial charge in [-0.2, -0.15) is 0 Å². The Labute approximate surface area is 177 Å². The van der Waals surface area contributed by atoms with Crippen LogP contribution in [0.5, 0.6) is 0 Å². The number of anilines is 2. The second-order valence-electron chi connectivity index (χ2n) is 8.26. The Hall–Kier alpha value is -3.35. The van der Waals surface area contributed by atoms with Crippen molar-refractivity contribution in [3.63, 3.8) is 0 Å². The Morgan fingerprint density at radius 2 is 1.47 bits per heavy atom. The molecule has 30 heavy (non-hydrogen) atoms. The number of rotatable bonds is 8. The van der Waals surface area contributed by atoms with Gasteiger partial charge in [0.25, 0.3) is 0 Å². The van der Waals surface area contributed by atoms with Gasteiger partial charge in [0.15, 0.2) is 0 Å². The zero-order valence-corrected chi connectivity index (χ0v) is 18.1. The van der Waals surface area contributed by atoms with Gasteiger partial charge < -0.3 is 21.8 Å². The van der Waals surface area contributed by atoms with Crippen molar-refractivity contribution >= 4 is 34.3 Å². The van der Waals surface area contributed by atoms with Crippen LogP contribution in [0.25, 0.3) is 11.0 Å². The van der Waals surface area contributed by atoms with Crippen LogP contribution in [-0.4, -0.2) is 34.7 Å². The predicted octanol–water partition coefficient (Wildman–Crippen LogP) is 4.03. The molecule has 0 saturated heterocycles. The molecule has 0 unspecified atom stereocenters. The van der Waals surface area contributed by atoms with Crippen molar-refractivity contribution in [3.8, 4) is 0 Å². The van der Waals surface area contributed by atoms with Crippen LogP contribution >= 0.6 is 0 Å². The van der Waals surface area contributed by atoms with Crippen molar-refractivity contribution in [1.29, 1.82) is 0 Å². The average molecular weight is 406 g/mol. The van der Waals surface area contributed by atoms with E-state index < -0.39 is 0 Å². The molecule has 0 aliphatic heterocycles. The van der Waals surface area contributed by atoms with E-state index in [9.17, 15) is 0 Å². The van der Waals surface area contributed by atoms with Crippen LogP contribution in [0.15, 0.2) is 52.4 Å². The SMILES string of the molecule is CC(C)CN=C(N)c1ccc(Nc2nc3ccc(C(N)=NCC(C)C)cc3[nH]2)cc1. The van der Waals surface area contributed by atoms with Gasteiger partial charge in [0.05, 0.1) is 11.0 Å². The molecule has 0 fully saturated rings. The number of aromatic amines is 1. The minimum absolute atomic E-state index is 0.471. The predicted molar refractivity (Wildman–Crippen MR) is 127 cm³/mol. The molecule has 158 valence electrons. The lowest BCUT2D eigenvalue weighted by atomic mass is 10.2. The van der Waals surface area contributed by atoms with Crippen molar-refractivity contribution < 1.29 is 0 Å². The van der Waals surface area contributed by atoms with Gasteiger partial charge in [-0.1, -0.05) is 27.7 Å². The summed E-state index contributed by atoms with van der Waals surface area (Å²) < 4.78 is 0. The van der Waals surface area contributed by atoms with Gasteiger partial charge in [-0.3, -0.25) is 9.98 Å². The molecule has 3 aromatic rings. The molecule has 0 radical (unpaired) electrons. The first kappa shape index (κ1) is 21.4. The third-order valence-corrected chi connectivity index (χ3v) is 4.47. The van der Waals surface area contributed by atoms with E-state index in [0.29, 0.717) is 36.0 Å². The molecule has 0 saturated carbocycles. The van der Waals surface area contributed by atoms with Crippen LogP contribution < -0.4 is 16.8 Å². The molecule has 7 nitrogen and oxygen atoms in total. The van der Waals surface area contributed by atoms with Crippen molar-refractivity contribution in [2.45, 2.75) is 27.7 Å². The van der Waals surface area contributed by atoms with Gasteiger partial charge in [0, 0.05) is 29.9 Å². The number of H-pyrrole nitrogens is 1. The van der Waals surface area contributed by atoms with E-state index in [4.69, 9.17) is 11.5 Å². The molecule has 1 aromatic heterocycles. The Balaban J connectivity index is 1.73. The van der Waals surface area contributed by atoms with E-state index in [1.54, 1.807) is 0 Å². The van der Waals surface area contributed by atoms with Gasteiger partial charge in [-0.25, -0.2) is 4.98 Å². The number of nitrogens with zero attached hydrogens (tertiary/aromatic N) is 3. The molecule has 3 rings (SSSR count). The number of aliphatic imine (C=N–C) groups is 2. The second-order valence-corrected chi connectivity index (χ2v) is 8.26. The monoisotopic (exact) mass is 405 g/mol. The summed E-state index contributed by atoms with van der Waals surface area (Å²) in [4.78, 5) is 16.7. The van der Waals surface area contributed by atoms with E-state index in [1.807, 2.05) is 42.5 Å². The van der Waals surface area contributed by atoms with Crippen LogP contribution in [0.1, 0.15) is 38.8 Å². The zero-order chi connectivity index (χ0) is 21.7. The van der Waals surface area contributed by atoms with Crippen molar-refractivity contribution in [3.05, 3.63) is 53.6 Å². The summed E-state index contributed by atoms with van der Waals surface area (Å²) in [5.74, 6) is 2.72. The standard InChI is InChI=1S/C23H31N7/c1-14(2)12-26-21(24)16-5-8-18(9-6-16)28-23-29-19-10-7-17(11-20(19)30-23)22(25)27-13-15(3)4/h5-11,14-15H,12-13H2,1-4H3,(H2,24,26)(H2,25,27)(H2,28,29,30). The third-order valence-electron chi connectivity index (χ3n) is 4.47. The fourth-order valence-electron chi connectivity index (χ4n) is 2.83. The number of nitrogens with two attached hydrogens (primary N) is 2. The maximum Gasteiger partial charge on any atom is 0.205 e. The highest BCUT2D eigenvalue weighted by Gasteiger charge is 2.07. The first-order chi connectivity index (χ1) is 14.3. The lowest BCUT2D eigenvalue weighted by Gasteiger charge is -2.06. The molecule has 7 heteroatoms. The fraction of sp³-hybridized carbons (Fsp3) is 0.348. The maximum atomic E-state index is 6.12. The van der Waals surface area contributed by atoms with Gasteiger partial charge in [-0.05, 0) is 54.3 Å². The maximum absolute atomic E-state index is 6.12. The minimum atomic E-state index is 0.471. The minimum Gasteiger partial charge on any atom is -0.384 e. The van der Waals surface area contributed by atoms with E-state index in [-0.39, 0.29) is 0 Å². The molecule has 0 aliphatic carbocycles. The van der Waals surface area contributed by atoms with E-state index in [2.05, 4.69) is 53.0 Å². The molecule has 0 bridgehead atoms. The van der Waals surface area contributed by atoms with Crippen LogP contribution in [-0.2, 0) is 0 Å². The summed E-state index contributed by atoms with van der Waals surface area (Å²) in [6, 6.07) is 13.7. The molecule has 0 atom stereocenters. The van der Waals surface area contributed by atoms with Crippen LogP contribution in [0, 0.1) is 11.8 Å². The highest BCUT2D eigenvalue weighted by molar-refractivity contribution is 6.00. The van der Waals surface area contributed by atoms with E-state index >= 15 is 0 Å². The molecule has 0 amide bonds. The number of amidine groups is 2. The number of aromatic nitrogens is 2. The molecule has 1 heterocycles. The largest absolute Gasteiger partial charge is 0.384 e. The van der Waals surface area contributed by atoms with Gasteiger partial charge in [0.2, 0.25) is 5.95 Å². The Morgan fingerprint density at radius 3 is 2.07 bits per heavy atom. The van der Waals surface area contributed by atoms with Gasteiger partial charge >= 0.3 is 0 Å². The lowest BCUT2D eigenvalue weighted by Crippen LogP contribution is -2.15. The molecule has 0 aliphatic rings. The Kier molecular flexibility index (Phi) is 6.72. The summed E-state index contributed by atoms with van der Waals surface area (Å²) >= 11 is 0. The third kappa shape index (κ3) is 5.59. The highest BCUT2D eigenvalue weighted by atomic mass is 15.1. The lowest BCUT2D eigenvalue weighted by molar-refractivity contribution is 0.665. The van der Waals surface area contributed by atoms with Crippen molar-refractivity contribution in [2.24, 2.45) is 33.3 Å². The van der Waals surface area contributed by atoms with Crippen LogP contribution in [0.4, 0.5) is 11.6 Å². The van der Waals surface area contributed by atoms with Gasteiger partial charge in [-0.15, -0.1) is 0 Å². The summed E-state index contributed by atoms with van der Waals surface area (Å²) in [5, 5.41) is 3.29. The molecule has 6 N–H and O–H groups in total. The van der Waals surface area contributed by atoms with E-state index in [0.717, 1.165) is 34.4 Å². The Bertz CT molecular complexity index is 1040. The van der Waals surface area contributed by atoms with Crippen LogP contribution in [0.2, 0.25) is 0 Å². The fourth-order valence-corrected chi connectivity index (χ4v) is 2.83. The number of hydrogen-bond acceptors (Lipinski definition) is 4.